The molecule has 2 aliphatic heterocycles. The Morgan fingerprint density at radius 3 is 2.68 bits per heavy atom. The van der Waals surface area contributed by atoms with E-state index in [4.69, 9.17) is 9.47 Å². The lowest BCUT2D eigenvalue weighted by Crippen LogP contribution is -2.32. The van der Waals surface area contributed by atoms with Crippen LogP contribution in [0.15, 0.2) is 60.8 Å². The van der Waals surface area contributed by atoms with Crippen LogP contribution in [0, 0.1) is 20.8 Å². The second-order valence-electron chi connectivity index (χ2n) is 10.4. The Bertz CT molecular complexity index is 1270. The van der Waals surface area contributed by atoms with Crippen LogP contribution in [0.3, 0.4) is 0 Å². The monoisotopic (exact) mass is 531 g/mol. The van der Waals surface area contributed by atoms with Gasteiger partial charge >= 0.3 is 0 Å². The molecule has 3 atom stereocenters. The van der Waals surface area contributed by atoms with Crippen LogP contribution < -0.4 is 4.74 Å². The summed E-state index contributed by atoms with van der Waals surface area (Å²) in [5.74, 6) is 1.73. The van der Waals surface area contributed by atoms with E-state index in [0.29, 0.717) is 19.1 Å². The third kappa shape index (κ3) is 6.06. The molecule has 3 unspecified atom stereocenters. The molecule has 0 N–H and O–H groups in total. The molecular weight excluding hydrogens is 494 g/mol. The number of nitrogens with zero attached hydrogens (tertiary/aromatic N) is 3. The van der Waals surface area contributed by atoms with Gasteiger partial charge in [0.2, 0.25) is 0 Å². The van der Waals surface area contributed by atoms with Gasteiger partial charge in [-0.05, 0) is 74.6 Å². The van der Waals surface area contributed by atoms with E-state index in [-0.39, 0.29) is 18.1 Å². The molecule has 0 aliphatic carbocycles. The van der Waals surface area contributed by atoms with Gasteiger partial charge in [-0.3, -0.25) is 9.78 Å². The van der Waals surface area contributed by atoms with E-state index >= 15 is 0 Å². The van der Waals surface area contributed by atoms with Crippen LogP contribution in [0.2, 0.25) is 0 Å². The van der Waals surface area contributed by atoms with Crippen LogP contribution in [0.4, 0.5) is 0 Å². The maximum Gasteiger partial charge on any atom is 0.254 e. The number of carbonyl (C=O) groups excluding carboxylic acids is 1. The molecule has 2 fully saturated rings. The van der Waals surface area contributed by atoms with Crippen molar-refractivity contribution >= 4 is 17.9 Å². The summed E-state index contributed by atoms with van der Waals surface area (Å²) in [5.41, 5.74) is 6.39. The van der Waals surface area contributed by atoms with E-state index in [1.54, 1.807) is 7.11 Å². The van der Waals surface area contributed by atoms with Crippen LogP contribution in [0.25, 0.3) is 0 Å². The van der Waals surface area contributed by atoms with Gasteiger partial charge in [0, 0.05) is 42.9 Å². The fourth-order valence-electron chi connectivity index (χ4n) is 5.33. The summed E-state index contributed by atoms with van der Waals surface area (Å²) < 4.78 is 14.6. The van der Waals surface area contributed by atoms with Crippen molar-refractivity contribution in [2.45, 2.75) is 57.6 Å². The lowest BCUT2D eigenvalue weighted by Gasteiger charge is -2.24. The van der Waals surface area contributed by atoms with Gasteiger partial charge in [-0.15, -0.1) is 0 Å². The lowest BCUT2D eigenvalue weighted by atomic mass is 10.0. The van der Waals surface area contributed by atoms with Gasteiger partial charge in [-0.1, -0.05) is 47.8 Å². The summed E-state index contributed by atoms with van der Waals surface area (Å²) in [7, 11) is 1.69. The van der Waals surface area contributed by atoms with E-state index in [2.05, 4.69) is 33.6 Å². The molecule has 5 rings (SSSR count). The number of pyridine rings is 1. The van der Waals surface area contributed by atoms with Crippen molar-refractivity contribution in [3.8, 4) is 5.75 Å². The van der Waals surface area contributed by atoms with Crippen molar-refractivity contribution < 1.29 is 14.3 Å². The zero-order chi connectivity index (χ0) is 26.6. The molecular formula is C31H37N3O3S. The van der Waals surface area contributed by atoms with Crippen molar-refractivity contribution in [1.82, 2.24) is 14.2 Å². The summed E-state index contributed by atoms with van der Waals surface area (Å²) in [6.07, 6.45) is 4.00. The Balaban J connectivity index is 1.21. The highest BCUT2D eigenvalue weighted by Gasteiger charge is 2.38. The maximum atomic E-state index is 13.3. The fourth-order valence-corrected chi connectivity index (χ4v) is 6.49. The van der Waals surface area contributed by atoms with E-state index in [0.717, 1.165) is 46.9 Å². The zero-order valence-corrected chi connectivity index (χ0v) is 23.5. The Kier molecular flexibility index (Phi) is 8.36. The SMILES string of the molecule is COC1CN(C(=O)c2cc(C)ccc2C)CC1Oc1cccc(CSN2CCCC2c2ccc(C)nc2)c1. The van der Waals surface area contributed by atoms with Crippen LogP contribution in [0.5, 0.6) is 5.75 Å². The number of rotatable bonds is 8. The quantitative estimate of drug-likeness (QED) is 0.337. The van der Waals surface area contributed by atoms with Gasteiger partial charge in [0.25, 0.3) is 5.91 Å². The number of aryl methyl sites for hydroxylation is 3. The van der Waals surface area contributed by atoms with Crippen LogP contribution in [-0.4, -0.2) is 59.0 Å². The lowest BCUT2D eigenvalue weighted by molar-refractivity contribution is 0.0339. The first kappa shape index (κ1) is 26.7. The van der Waals surface area contributed by atoms with E-state index in [1.807, 2.05) is 74.1 Å². The minimum atomic E-state index is -0.214. The first-order chi connectivity index (χ1) is 18.4. The van der Waals surface area contributed by atoms with Gasteiger partial charge < -0.3 is 14.4 Å². The first-order valence-corrected chi connectivity index (χ1v) is 14.3. The Labute approximate surface area is 230 Å². The smallest absolute Gasteiger partial charge is 0.254 e. The molecule has 0 bridgehead atoms. The molecule has 200 valence electrons. The summed E-state index contributed by atoms with van der Waals surface area (Å²) in [4.78, 5) is 19.7. The standard InChI is InChI=1S/C31H37N3O3S/c1-21-10-11-22(2)27(15-21)31(35)33-18-29(36-4)30(19-33)37-26-8-5-7-24(16-26)20-38-34-14-6-9-28(34)25-13-12-23(3)32-17-25/h5,7-8,10-13,15-17,28-30H,6,9,14,18-20H2,1-4H3. The van der Waals surface area contributed by atoms with Crippen molar-refractivity contribution in [3.05, 3.63) is 94.3 Å². The van der Waals surface area contributed by atoms with Crippen LogP contribution in [-0.2, 0) is 10.5 Å². The number of likely N-dealkylation sites (tertiary alicyclic amines) is 1. The topological polar surface area (TPSA) is 54.9 Å². The predicted molar refractivity (Wildman–Crippen MR) is 152 cm³/mol. The van der Waals surface area contributed by atoms with Gasteiger partial charge in [0.1, 0.15) is 18.0 Å². The largest absolute Gasteiger partial charge is 0.486 e. The highest BCUT2D eigenvalue weighted by atomic mass is 32.2. The molecule has 2 aromatic carbocycles. The number of ether oxygens (including phenoxy) is 2. The average Bonchev–Trinajstić information content (AvgIpc) is 3.56. The number of methoxy groups -OCH3 is 1. The highest BCUT2D eigenvalue weighted by molar-refractivity contribution is 7.96. The number of carbonyl (C=O) groups is 1. The molecule has 7 heteroatoms. The Morgan fingerprint density at radius 2 is 1.89 bits per heavy atom. The van der Waals surface area contributed by atoms with Gasteiger partial charge in [-0.25, -0.2) is 4.31 Å². The molecule has 0 saturated carbocycles. The van der Waals surface area contributed by atoms with Crippen molar-refractivity contribution in [2.75, 3.05) is 26.7 Å². The summed E-state index contributed by atoms with van der Waals surface area (Å²) >= 11 is 1.88. The summed E-state index contributed by atoms with van der Waals surface area (Å²) in [6.45, 7) is 8.13. The molecule has 3 aromatic rings. The fraction of sp³-hybridized carbons (Fsp3) is 0.419. The van der Waals surface area contributed by atoms with E-state index < -0.39 is 0 Å². The zero-order valence-electron chi connectivity index (χ0n) is 22.7. The van der Waals surface area contributed by atoms with Crippen LogP contribution >= 0.6 is 11.9 Å². The first-order valence-electron chi connectivity index (χ1n) is 13.4. The Hall–Kier alpha value is -2.87. The molecule has 1 amide bonds. The molecule has 0 radical (unpaired) electrons. The van der Waals surface area contributed by atoms with Gasteiger partial charge in [0.05, 0.1) is 13.1 Å². The highest BCUT2D eigenvalue weighted by Crippen LogP contribution is 2.38. The molecule has 6 nitrogen and oxygen atoms in total. The minimum Gasteiger partial charge on any atom is -0.486 e. The third-order valence-electron chi connectivity index (χ3n) is 7.53. The number of aromatic nitrogens is 1. The second kappa shape index (κ2) is 11.9. The third-order valence-corrected chi connectivity index (χ3v) is 8.77. The van der Waals surface area contributed by atoms with E-state index in [9.17, 15) is 4.79 Å². The molecule has 38 heavy (non-hydrogen) atoms. The molecule has 2 aliphatic rings. The van der Waals surface area contributed by atoms with Gasteiger partial charge in [0.15, 0.2) is 0 Å². The molecule has 2 saturated heterocycles. The molecule has 3 heterocycles. The van der Waals surface area contributed by atoms with Crippen molar-refractivity contribution in [3.63, 3.8) is 0 Å². The van der Waals surface area contributed by atoms with Gasteiger partial charge in [-0.2, -0.15) is 0 Å². The number of benzene rings is 2. The van der Waals surface area contributed by atoms with Crippen molar-refractivity contribution in [2.24, 2.45) is 0 Å². The second-order valence-corrected chi connectivity index (χ2v) is 11.4. The number of hydrogen-bond donors (Lipinski definition) is 0. The normalized spacial score (nSPS) is 21.7. The molecule has 0 spiro atoms. The maximum absolute atomic E-state index is 13.3. The minimum absolute atomic E-state index is 0.0356. The van der Waals surface area contributed by atoms with E-state index in [1.165, 1.54) is 17.5 Å². The Morgan fingerprint density at radius 1 is 1.05 bits per heavy atom. The predicted octanol–water partition coefficient (Wildman–Crippen LogP) is 5.91. The van der Waals surface area contributed by atoms with Crippen molar-refractivity contribution in [1.29, 1.82) is 0 Å². The van der Waals surface area contributed by atoms with Crippen LogP contribution in [0.1, 0.15) is 57.2 Å². The summed E-state index contributed by atoms with van der Waals surface area (Å²) in [6, 6.07) is 19.0. The molecule has 1 aromatic heterocycles. The summed E-state index contributed by atoms with van der Waals surface area (Å²) in [5, 5.41) is 0. The number of amides is 1. The average molecular weight is 532 g/mol. The number of hydrogen-bond acceptors (Lipinski definition) is 6.